The quantitative estimate of drug-likeness (QED) is 0.768. The molecule has 0 bridgehead atoms. The van der Waals surface area contributed by atoms with E-state index in [1.807, 2.05) is 24.3 Å². The SMILES string of the molecule is CN1CCC(CNCC(O)COCc2ccccc2Cl)C1. The molecule has 5 heteroatoms. The summed E-state index contributed by atoms with van der Waals surface area (Å²) >= 11 is 6.05. The van der Waals surface area contributed by atoms with Gasteiger partial charge in [0.05, 0.1) is 19.3 Å². The van der Waals surface area contributed by atoms with E-state index in [1.165, 1.54) is 13.0 Å². The van der Waals surface area contributed by atoms with Gasteiger partial charge >= 0.3 is 0 Å². The van der Waals surface area contributed by atoms with E-state index in [2.05, 4.69) is 17.3 Å². The van der Waals surface area contributed by atoms with Crippen molar-refractivity contribution in [1.29, 1.82) is 0 Å². The maximum absolute atomic E-state index is 9.89. The molecule has 0 spiro atoms. The zero-order chi connectivity index (χ0) is 15.1. The Balaban J connectivity index is 1.55. The van der Waals surface area contributed by atoms with Crippen molar-refractivity contribution < 1.29 is 9.84 Å². The van der Waals surface area contributed by atoms with E-state index in [0.29, 0.717) is 30.7 Å². The molecule has 2 N–H and O–H groups in total. The number of rotatable bonds is 8. The summed E-state index contributed by atoms with van der Waals surface area (Å²) in [6.45, 7) is 4.61. The van der Waals surface area contributed by atoms with E-state index in [4.69, 9.17) is 16.3 Å². The first-order chi connectivity index (χ1) is 10.1. The summed E-state index contributed by atoms with van der Waals surface area (Å²) < 4.78 is 5.52. The molecule has 118 valence electrons. The van der Waals surface area contributed by atoms with Crippen LogP contribution in [0.4, 0.5) is 0 Å². The molecule has 1 aromatic carbocycles. The summed E-state index contributed by atoms with van der Waals surface area (Å²) in [5, 5.41) is 13.9. The van der Waals surface area contributed by atoms with Crippen LogP contribution in [0.15, 0.2) is 24.3 Å². The van der Waals surface area contributed by atoms with Crippen LogP contribution in [0.1, 0.15) is 12.0 Å². The third-order valence-electron chi connectivity index (χ3n) is 3.83. The number of aliphatic hydroxyl groups excluding tert-OH is 1. The van der Waals surface area contributed by atoms with Gasteiger partial charge in [-0.15, -0.1) is 0 Å². The molecular formula is C16H25ClN2O2. The molecule has 0 aliphatic carbocycles. The van der Waals surface area contributed by atoms with E-state index in [0.717, 1.165) is 18.7 Å². The molecule has 0 amide bonds. The van der Waals surface area contributed by atoms with Gasteiger partial charge in [-0.25, -0.2) is 0 Å². The lowest BCUT2D eigenvalue weighted by molar-refractivity contribution is 0.0286. The second-order valence-corrected chi connectivity index (χ2v) is 6.24. The minimum absolute atomic E-state index is 0.322. The van der Waals surface area contributed by atoms with Crippen LogP contribution in [-0.4, -0.2) is 55.9 Å². The third kappa shape index (κ3) is 5.93. The van der Waals surface area contributed by atoms with Crippen LogP contribution in [0.5, 0.6) is 0 Å². The van der Waals surface area contributed by atoms with E-state index in [1.54, 1.807) is 0 Å². The lowest BCUT2D eigenvalue weighted by atomic mass is 10.1. The Bertz CT molecular complexity index is 430. The fraction of sp³-hybridized carbons (Fsp3) is 0.625. The van der Waals surface area contributed by atoms with Crippen molar-refractivity contribution in [2.75, 3.05) is 39.8 Å². The lowest BCUT2D eigenvalue weighted by Gasteiger charge is -2.15. The van der Waals surface area contributed by atoms with Gasteiger partial charge in [0.1, 0.15) is 0 Å². The zero-order valence-electron chi connectivity index (χ0n) is 12.6. The molecule has 21 heavy (non-hydrogen) atoms. The molecule has 1 heterocycles. The zero-order valence-corrected chi connectivity index (χ0v) is 13.4. The van der Waals surface area contributed by atoms with Gasteiger partial charge in [0.2, 0.25) is 0 Å². The first kappa shape index (κ1) is 16.7. The largest absolute Gasteiger partial charge is 0.389 e. The van der Waals surface area contributed by atoms with Crippen LogP contribution in [0, 0.1) is 5.92 Å². The second kappa shape index (κ2) is 8.71. The van der Waals surface area contributed by atoms with Gasteiger partial charge in [0, 0.05) is 18.1 Å². The van der Waals surface area contributed by atoms with Crippen molar-refractivity contribution in [3.05, 3.63) is 34.9 Å². The summed E-state index contributed by atoms with van der Waals surface area (Å²) in [7, 11) is 2.15. The number of hydrogen-bond acceptors (Lipinski definition) is 4. The van der Waals surface area contributed by atoms with E-state index >= 15 is 0 Å². The molecule has 1 aromatic rings. The molecule has 2 unspecified atom stereocenters. The summed E-state index contributed by atoms with van der Waals surface area (Å²) in [6.07, 6.45) is 0.759. The van der Waals surface area contributed by atoms with Crippen LogP contribution in [0.2, 0.25) is 5.02 Å². The Morgan fingerprint density at radius 1 is 1.48 bits per heavy atom. The molecule has 2 atom stereocenters. The third-order valence-corrected chi connectivity index (χ3v) is 4.20. The highest BCUT2D eigenvalue weighted by Crippen LogP contribution is 2.15. The molecule has 1 saturated heterocycles. The van der Waals surface area contributed by atoms with Crippen molar-refractivity contribution in [1.82, 2.24) is 10.2 Å². The second-order valence-electron chi connectivity index (χ2n) is 5.84. The molecule has 0 aromatic heterocycles. The molecule has 4 nitrogen and oxygen atoms in total. The van der Waals surface area contributed by atoms with Crippen molar-refractivity contribution >= 4 is 11.6 Å². The average Bonchev–Trinajstić information content (AvgIpc) is 2.87. The number of halogens is 1. The van der Waals surface area contributed by atoms with E-state index in [9.17, 15) is 5.11 Å². The Morgan fingerprint density at radius 3 is 3.00 bits per heavy atom. The van der Waals surface area contributed by atoms with Crippen LogP contribution < -0.4 is 5.32 Å². The minimum Gasteiger partial charge on any atom is -0.389 e. The highest BCUT2D eigenvalue weighted by Gasteiger charge is 2.19. The summed E-state index contributed by atoms with van der Waals surface area (Å²) in [5.74, 6) is 0.700. The normalized spacial score (nSPS) is 20.8. The summed E-state index contributed by atoms with van der Waals surface area (Å²) in [6, 6.07) is 7.60. The molecular weight excluding hydrogens is 288 g/mol. The van der Waals surface area contributed by atoms with Gasteiger partial charge in [0.15, 0.2) is 0 Å². The summed E-state index contributed by atoms with van der Waals surface area (Å²) in [5.41, 5.74) is 0.952. The van der Waals surface area contributed by atoms with Crippen molar-refractivity contribution in [2.24, 2.45) is 5.92 Å². The highest BCUT2D eigenvalue weighted by atomic mass is 35.5. The number of ether oxygens (including phenoxy) is 1. The first-order valence-corrected chi connectivity index (χ1v) is 7.91. The fourth-order valence-electron chi connectivity index (χ4n) is 2.63. The maximum Gasteiger partial charge on any atom is 0.0897 e. The predicted octanol–water partition coefficient (Wildman–Crippen LogP) is 1.76. The first-order valence-electron chi connectivity index (χ1n) is 7.53. The number of nitrogens with one attached hydrogen (secondary N) is 1. The van der Waals surface area contributed by atoms with E-state index < -0.39 is 6.10 Å². The number of likely N-dealkylation sites (tertiary alicyclic amines) is 1. The number of aliphatic hydroxyl groups is 1. The van der Waals surface area contributed by atoms with E-state index in [-0.39, 0.29) is 0 Å². The van der Waals surface area contributed by atoms with Crippen molar-refractivity contribution in [3.63, 3.8) is 0 Å². The Morgan fingerprint density at radius 2 is 2.29 bits per heavy atom. The summed E-state index contributed by atoms with van der Waals surface area (Å²) in [4.78, 5) is 2.34. The standard InChI is InChI=1S/C16H25ClN2O2/c1-19-7-6-13(10-19)8-18-9-15(20)12-21-11-14-4-2-3-5-16(14)17/h2-5,13,15,18,20H,6-12H2,1H3. The molecule has 1 aliphatic rings. The smallest absolute Gasteiger partial charge is 0.0897 e. The van der Waals surface area contributed by atoms with Gasteiger partial charge < -0.3 is 20.1 Å². The monoisotopic (exact) mass is 312 g/mol. The Labute approximate surface area is 132 Å². The van der Waals surface area contributed by atoms with Crippen LogP contribution in [-0.2, 0) is 11.3 Å². The topological polar surface area (TPSA) is 44.7 Å². The predicted molar refractivity (Wildman–Crippen MR) is 85.6 cm³/mol. The molecule has 2 rings (SSSR count). The van der Waals surface area contributed by atoms with Gasteiger partial charge in [-0.05, 0) is 44.1 Å². The number of hydrogen-bond donors (Lipinski definition) is 2. The van der Waals surface area contributed by atoms with Gasteiger partial charge in [-0.3, -0.25) is 0 Å². The molecule has 0 saturated carbocycles. The number of benzene rings is 1. The number of nitrogens with zero attached hydrogens (tertiary/aromatic N) is 1. The van der Waals surface area contributed by atoms with Crippen LogP contribution >= 0.6 is 11.6 Å². The average molecular weight is 313 g/mol. The minimum atomic E-state index is -0.480. The van der Waals surface area contributed by atoms with Crippen LogP contribution in [0.3, 0.4) is 0 Å². The molecule has 1 fully saturated rings. The lowest BCUT2D eigenvalue weighted by Crippen LogP contribution is -2.34. The van der Waals surface area contributed by atoms with Crippen LogP contribution in [0.25, 0.3) is 0 Å². The highest BCUT2D eigenvalue weighted by molar-refractivity contribution is 6.31. The van der Waals surface area contributed by atoms with Crippen molar-refractivity contribution in [2.45, 2.75) is 19.1 Å². The Kier molecular flexibility index (Phi) is 6.93. The molecule has 0 radical (unpaired) electrons. The van der Waals surface area contributed by atoms with Gasteiger partial charge in [0.25, 0.3) is 0 Å². The molecule has 1 aliphatic heterocycles. The Hall–Kier alpha value is -0.650. The fourth-order valence-corrected chi connectivity index (χ4v) is 2.82. The van der Waals surface area contributed by atoms with Crippen molar-refractivity contribution in [3.8, 4) is 0 Å². The maximum atomic E-state index is 9.89. The van der Waals surface area contributed by atoms with Gasteiger partial charge in [-0.1, -0.05) is 29.8 Å². The van der Waals surface area contributed by atoms with Gasteiger partial charge in [-0.2, -0.15) is 0 Å².